The summed E-state index contributed by atoms with van der Waals surface area (Å²) in [4.78, 5) is 10.8. The molecule has 1 aromatic carbocycles. The second kappa shape index (κ2) is 4.89. The number of nitrogens with zero attached hydrogens (tertiary/aromatic N) is 1. The number of thiocyanates is 1. The Hall–Kier alpha value is -1.18. The Morgan fingerprint density at radius 2 is 2.07 bits per heavy atom. The predicted molar refractivity (Wildman–Crippen MR) is 55.0 cm³/mol. The molecular weight excluding hydrogens is 222 g/mol. The lowest BCUT2D eigenvalue weighted by Crippen LogP contribution is -2.06. The maximum Gasteiger partial charge on any atom is 0.322 e. The molecule has 5 heteroatoms. The minimum atomic E-state index is -1.03. The zero-order valence-corrected chi connectivity index (χ0v) is 8.55. The van der Waals surface area contributed by atoms with E-state index in [0.29, 0.717) is 22.3 Å². The fourth-order valence-corrected chi connectivity index (χ4v) is 1.58. The van der Waals surface area contributed by atoms with Crippen molar-refractivity contribution in [2.75, 3.05) is 0 Å². The molecule has 0 aliphatic carbocycles. The Bertz CT molecular complexity index is 371. The third kappa shape index (κ3) is 2.66. The quantitative estimate of drug-likeness (QED) is 0.807. The summed E-state index contributed by atoms with van der Waals surface area (Å²) < 4.78 is 0. The average Bonchev–Trinajstić information content (AvgIpc) is 2.15. The molecule has 14 heavy (non-hydrogen) atoms. The highest BCUT2D eigenvalue weighted by molar-refractivity contribution is 8.04. The molecule has 0 aliphatic heterocycles. The Morgan fingerprint density at radius 1 is 1.50 bits per heavy atom. The second-order valence-corrected chi connectivity index (χ2v) is 3.81. The smallest absolute Gasteiger partial charge is 0.322 e. The van der Waals surface area contributed by atoms with Crippen molar-refractivity contribution < 1.29 is 9.90 Å². The highest BCUT2D eigenvalue weighted by Crippen LogP contribution is 2.28. The number of nitriles is 1. The van der Waals surface area contributed by atoms with Crippen molar-refractivity contribution in [3.8, 4) is 5.40 Å². The van der Waals surface area contributed by atoms with Crippen LogP contribution in [0.5, 0.6) is 0 Å². The normalized spacial score (nSPS) is 11.7. The molecule has 3 nitrogen and oxygen atoms in total. The van der Waals surface area contributed by atoms with Gasteiger partial charge >= 0.3 is 5.97 Å². The van der Waals surface area contributed by atoms with Gasteiger partial charge in [-0.15, -0.1) is 0 Å². The molecule has 0 spiro atoms. The summed E-state index contributed by atoms with van der Waals surface area (Å²) in [6.45, 7) is 0. The number of hydrogen-bond acceptors (Lipinski definition) is 3. The van der Waals surface area contributed by atoms with Gasteiger partial charge < -0.3 is 5.11 Å². The van der Waals surface area contributed by atoms with Gasteiger partial charge in [-0.25, -0.2) is 0 Å². The zero-order valence-electron chi connectivity index (χ0n) is 6.98. The molecule has 1 aromatic rings. The fraction of sp³-hybridized carbons (Fsp3) is 0.111. The van der Waals surface area contributed by atoms with Gasteiger partial charge in [0, 0.05) is 5.02 Å². The van der Waals surface area contributed by atoms with Gasteiger partial charge in [0.05, 0.1) is 0 Å². The van der Waals surface area contributed by atoms with E-state index in [2.05, 4.69) is 0 Å². The van der Waals surface area contributed by atoms with Crippen LogP contribution in [0.1, 0.15) is 10.8 Å². The van der Waals surface area contributed by atoms with Crippen molar-refractivity contribution in [1.29, 1.82) is 5.26 Å². The van der Waals surface area contributed by atoms with Crippen LogP contribution in [0.3, 0.4) is 0 Å². The van der Waals surface area contributed by atoms with Gasteiger partial charge in [-0.1, -0.05) is 23.7 Å². The number of thioether (sulfide) groups is 1. The summed E-state index contributed by atoms with van der Waals surface area (Å²) >= 11 is 6.36. The average molecular weight is 228 g/mol. The zero-order chi connectivity index (χ0) is 10.6. The van der Waals surface area contributed by atoms with E-state index < -0.39 is 11.2 Å². The van der Waals surface area contributed by atoms with Crippen LogP contribution in [0.25, 0.3) is 0 Å². The van der Waals surface area contributed by atoms with E-state index in [0.717, 1.165) is 0 Å². The Morgan fingerprint density at radius 3 is 2.50 bits per heavy atom. The molecule has 0 bridgehead atoms. The first-order valence-corrected chi connectivity index (χ1v) is 4.94. The third-order valence-corrected chi connectivity index (χ3v) is 2.63. The monoisotopic (exact) mass is 227 g/mol. The van der Waals surface area contributed by atoms with E-state index in [9.17, 15) is 4.79 Å². The number of carbonyl (C=O) groups is 1. The Labute approximate surface area is 90.3 Å². The first kappa shape index (κ1) is 10.9. The van der Waals surface area contributed by atoms with Crippen molar-refractivity contribution in [3.05, 3.63) is 34.9 Å². The number of carboxylic acid groups (broad SMARTS) is 1. The molecule has 0 amide bonds. The summed E-state index contributed by atoms with van der Waals surface area (Å²) in [7, 11) is 0. The largest absolute Gasteiger partial charge is 0.480 e. The van der Waals surface area contributed by atoms with Crippen LogP contribution in [0, 0.1) is 10.7 Å². The van der Waals surface area contributed by atoms with Crippen molar-refractivity contribution in [2.45, 2.75) is 5.25 Å². The summed E-state index contributed by atoms with van der Waals surface area (Å²) in [5.74, 6) is -1.03. The van der Waals surface area contributed by atoms with E-state index >= 15 is 0 Å². The predicted octanol–water partition coefficient (Wildman–Crippen LogP) is 2.68. The van der Waals surface area contributed by atoms with Gasteiger partial charge in [0.25, 0.3) is 0 Å². The number of halogens is 1. The lowest BCUT2D eigenvalue weighted by Gasteiger charge is -2.07. The maximum absolute atomic E-state index is 10.8. The minimum absolute atomic E-state index is 0.542. The third-order valence-electron chi connectivity index (χ3n) is 1.57. The fourth-order valence-electron chi connectivity index (χ4n) is 0.951. The second-order valence-electron chi connectivity index (χ2n) is 2.48. The molecule has 1 N–H and O–H groups in total. The molecule has 0 heterocycles. The lowest BCUT2D eigenvalue weighted by molar-refractivity contribution is -0.136. The standard InChI is InChI=1S/C9H6ClNO2S/c10-7-3-1-6(2-4-7)8(9(12)13)14-5-11/h1-4,8H,(H,12,13). The summed E-state index contributed by atoms with van der Waals surface area (Å²) in [5.41, 5.74) is 0.563. The van der Waals surface area contributed by atoms with Crippen LogP contribution in [-0.2, 0) is 4.79 Å². The first-order valence-electron chi connectivity index (χ1n) is 3.68. The van der Waals surface area contributed by atoms with Crippen LogP contribution in [0.4, 0.5) is 0 Å². The molecule has 0 fully saturated rings. The van der Waals surface area contributed by atoms with Crippen LogP contribution >= 0.6 is 23.4 Å². The summed E-state index contributed by atoms with van der Waals surface area (Å²) in [6.07, 6.45) is 0. The molecule has 72 valence electrons. The van der Waals surface area contributed by atoms with E-state index in [1.807, 2.05) is 0 Å². The molecule has 0 saturated carbocycles. The van der Waals surface area contributed by atoms with Crippen LogP contribution in [0.2, 0.25) is 5.02 Å². The summed E-state index contributed by atoms with van der Waals surface area (Å²) in [5, 5.41) is 18.7. The maximum atomic E-state index is 10.8. The van der Waals surface area contributed by atoms with Gasteiger partial charge in [0.2, 0.25) is 0 Å². The van der Waals surface area contributed by atoms with Crippen molar-refractivity contribution in [3.63, 3.8) is 0 Å². The van der Waals surface area contributed by atoms with Crippen molar-refractivity contribution >= 4 is 29.3 Å². The molecule has 1 rings (SSSR count). The molecule has 1 atom stereocenters. The van der Waals surface area contributed by atoms with Gasteiger partial charge in [-0.05, 0) is 29.5 Å². The van der Waals surface area contributed by atoms with Gasteiger partial charge in [0.15, 0.2) is 0 Å². The molecule has 1 unspecified atom stereocenters. The van der Waals surface area contributed by atoms with E-state index in [-0.39, 0.29) is 0 Å². The summed E-state index contributed by atoms with van der Waals surface area (Å²) in [6, 6.07) is 6.41. The molecule has 0 radical (unpaired) electrons. The number of benzene rings is 1. The lowest BCUT2D eigenvalue weighted by atomic mass is 10.1. The topological polar surface area (TPSA) is 61.1 Å². The molecule has 0 aliphatic rings. The molecule has 0 saturated heterocycles. The minimum Gasteiger partial charge on any atom is -0.480 e. The number of aliphatic carboxylic acids is 1. The highest BCUT2D eigenvalue weighted by Gasteiger charge is 2.20. The van der Waals surface area contributed by atoms with Crippen LogP contribution < -0.4 is 0 Å². The molecular formula is C9H6ClNO2S. The van der Waals surface area contributed by atoms with Crippen LogP contribution in [-0.4, -0.2) is 11.1 Å². The van der Waals surface area contributed by atoms with Gasteiger partial charge in [0.1, 0.15) is 10.7 Å². The van der Waals surface area contributed by atoms with E-state index in [1.165, 1.54) is 0 Å². The number of hydrogen-bond donors (Lipinski definition) is 1. The number of carboxylic acids is 1. The first-order chi connectivity index (χ1) is 6.65. The molecule has 0 aromatic heterocycles. The van der Waals surface area contributed by atoms with Crippen molar-refractivity contribution in [2.24, 2.45) is 0 Å². The van der Waals surface area contributed by atoms with Gasteiger partial charge in [-0.3, -0.25) is 4.79 Å². The Balaban J connectivity index is 2.95. The Kier molecular flexibility index (Phi) is 3.81. The van der Waals surface area contributed by atoms with Crippen molar-refractivity contribution in [1.82, 2.24) is 0 Å². The SMILES string of the molecule is N#CSC(C(=O)O)c1ccc(Cl)cc1. The number of rotatable bonds is 3. The van der Waals surface area contributed by atoms with Gasteiger partial charge in [-0.2, -0.15) is 5.26 Å². The van der Waals surface area contributed by atoms with Crippen LogP contribution in [0.15, 0.2) is 24.3 Å². The van der Waals surface area contributed by atoms with E-state index in [1.54, 1.807) is 29.7 Å². The van der Waals surface area contributed by atoms with E-state index in [4.69, 9.17) is 22.0 Å². The highest BCUT2D eigenvalue weighted by atomic mass is 35.5.